The van der Waals surface area contributed by atoms with E-state index in [9.17, 15) is 4.79 Å². The molecule has 2 rings (SSSR count). The SMILES string of the molecule is COc1cc(OC)c(NC(=S)Nc2ccc(NC(=O)O)cc2)cc1Cl. The van der Waals surface area contributed by atoms with Gasteiger partial charge in [0.2, 0.25) is 0 Å². The Morgan fingerprint density at radius 2 is 1.56 bits per heavy atom. The third-order valence-corrected chi connectivity index (χ3v) is 3.62. The van der Waals surface area contributed by atoms with E-state index in [1.54, 1.807) is 36.4 Å². The van der Waals surface area contributed by atoms with Gasteiger partial charge in [-0.1, -0.05) is 11.6 Å². The van der Waals surface area contributed by atoms with Crippen LogP contribution in [0, 0.1) is 0 Å². The Kier molecular flexibility index (Phi) is 6.26. The molecular formula is C16H16ClN3O4S. The van der Waals surface area contributed by atoms with Gasteiger partial charge in [0.15, 0.2) is 5.11 Å². The fourth-order valence-electron chi connectivity index (χ4n) is 2.00. The van der Waals surface area contributed by atoms with Gasteiger partial charge in [-0.05, 0) is 42.5 Å². The first-order valence-electron chi connectivity index (χ1n) is 7.02. The number of thiocarbonyl (C=S) groups is 1. The lowest BCUT2D eigenvalue weighted by Crippen LogP contribution is -2.19. The largest absolute Gasteiger partial charge is 0.495 e. The summed E-state index contributed by atoms with van der Waals surface area (Å²) in [6.45, 7) is 0. The number of ether oxygens (including phenoxy) is 2. The van der Waals surface area contributed by atoms with Crippen molar-refractivity contribution < 1.29 is 19.4 Å². The number of hydrogen-bond acceptors (Lipinski definition) is 4. The molecule has 9 heteroatoms. The summed E-state index contributed by atoms with van der Waals surface area (Å²) in [5.74, 6) is 1.01. The van der Waals surface area contributed by atoms with Crippen LogP contribution in [0.1, 0.15) is 0 Å². The highest BCUT2D eigenvalue weighted by Gasteiger charge is 2.11. The third kappa shape index (κ3) is 5.13. The van der Waals surface area contributed by atoms with E-state index in [-0.39, 0.29) is 0 Å². The highest BCUT2D eigenvalue weighted by molar-refractivity contribution is 7.80. The molecule has 0 aliphatic rings. The van der Waals surface area contributed by atoms with Crippen LogP contribution in [0.2, 0.25) is 5.02 Å². The maximum Gasteiger partial charge on any atom is 0.409 e. The first-order valence-corrected chi connectivity index (χ1v) is 7.81. The van der Waals surface area contributed by atoms with Crippen molar-refractivity contribution in [2.45, 2.75) is 0 Å². The molecule has 0 saturated carbocycles. The standard InChI is InChI=1S/C16H16ClN3O4S/c1-23-13-8-14(24-2)12(7-11(13)17)20-15(25)18-9-3-5-10(6-4-9)19-16(21)22/h3-8,19H,1-2H3,(H,21,22)(H2,18,20,25). The minimum Gasteiger partial charge on any atom is -0.495 e. The van der Waals surface area contributed by atoms with Gasteiger partial charge in [-0.2, -0.15) is 0 Å². The van der Waals surface area contributed by atoms with Gasteiger partial charge < -0.3 is 25.2 Å². The Labute approximate surface area is 154 Å². The monoisotopic (exact) mass is 381 g/mol. The molecule has 4 N–H and O–H groups in total. The Morgan fingerprint density at radius 1 is 1.00 bits per heavy atom. The van der Waals surface area contributed by atoms with Gasteiger partial charge in [-0.15, -0.1) is 0 Å². The second-order valence-corrected chi connectivity index (χ2v) is 5.59. The quantitative estimate of drug-likeness (QED) is 0.575. The summed E-state index contributed by atoms with van der Waals surface area (Å²) >= 11 is 11.4. The Morgan fingerprint density at radius 3 is 2.08 bits per heavy atom. The van der Waals surface area contributed by atoms with Crippen molar-refractivity contribution in [2.75, 3.05) is 30.2 Å². The third-order valence-electron chi connectivity index (χ3n) is 3.12. The van der Waals surface area contributed by atoms with Gasteiger partial charge in [0.25, 0.3) is 0 Å². The summed E-state index contributed by atoms with van der Waals surface area (Å²) in [7, 11) is 3.04. The molecule has 2 aromatic carbocycles. The zero-order valence-corrected chi connectivity index (χ0v) is 15.0. The Balaban J connectivity index is 2.07. The van der Waals surface area contributed by atoms with Crippen molar-refractivity contribution in [3.63, 3.8) is 0 Å². The van der Waals surface area contributed by atoms with Crippen LogP contribution in [-0.2, 0) is 0 Å². The number of rotatable bonds is 5. The molecule has 0 saturated heterocycles. The zero-order valence-electron chi connectivity index (χ0n) is 13.4. The van der Waals surface area contributed by atoms with Crippen LogP contribution in [0.15, 0.2) is 36.4 Å². The van der Waals surface area contributed by atoms with Gasteiger partial charge in [0.1, 0.15) is 11.5 Å². The smallest absolute Gasteiger partial charge is 0.409 e. The first-order chi connectivity index (χ1) is 11.9. The molecule has 0 aliphatic heterocycles. The van der Waals surface area contributed by atoms with E-state index in [0.29, 0.717) is 38.7 Å². The van der Waals surface area contributed by atoms with Gasteiger partial charge in [0.05, 0.1) is 24.9 Å². The highest BCUT2D eigenvalue weighted by Crippen LogP contribution is 2.35. The molecular weight excluding hydrogens is 366 g/mol. The topological polar surface area (TPSA) is 91.9 Å². The molecule has 25 heavy (non-hydrogen) atoms. The number of carboxylic acid groups (broad SMARTS) is 1. The van der Waals surface area contributed by atoms with Gasteiger partial charge in [-0.3, -0.25) is 5.32 Å². The predicted octanol–water partition coefficient (Wildman–Crippen LogP) is 4.26. The second-order valence-electron chi connectivity index (χ2n) is 4.77. The minimum absolute atomic E-state index is 0.318. The first kappa shape index (κ1) is 18.6. The van der Waals surface area contributed by atoms with Crippen LogP contribution in [-0.4, -0.2) is 30.5 Å². The van der Waals surface area contributed by atoms with Gasteiger partial charge in [0, 0.05) is 17.4 Å². The summed E-state index contributed by atoms with van der Waals surface area (Å²) < 4.78 is 10.4. The number of carbonyl (C=O) groups is 1. The number of benzene rings is 2. The maximum absolute atomic E-state index is 10.6. The molecule has 0 spiro atoms. The molecule has 0 heterocycles. The van der Waals surface area contributed by atoms with Gasteiger partial charge >= 0.3 is 6.09 Å². The van der Waals surface area contributed by atoms with Crippen LogP contribution >= 0.6 is 23.8 Å². The summed E-state index contributed by atoms with van der Waals surface area (Å²) in [4.78, 5) is 10.6. The predicted molar refractivity (Wildman–Crippen MR) is 102 cm³/mol. The number of amides is 1. The molecule has 7 nitrogen and oxygen atoms in total. The molecule has 0 bridgehead atoms. The number of methoxy groups -OCH3 is 2. The van der Waals surface area contributed by atoms with Crippen LogP contribution in [0.3, 0.4) is 0 Å². The van der Waals surface area contributed by atoms with E-state index in [2.05, 4.69) is 16.0 Å². The fraction of sp³-hybridized carbons (Fsp3) is 0.125. The fourth-order valence-corrected chi connectivity index (χ4v) is 2.47. The van der Waals surface area contributed by atoms with Crippen molar-refractivity contribution in [3.8, 4) is 11.5 Å². The molecule has 0 unspecified atom stereocenters. The van der Waals surface area contributed by atoms with E-state index in [1.807, 2.05) is 0 Å². The normalized spacial score (nSPS) is 9.88. The van der Waals surface area contributed by atoms with E-state index < -0.39 is 6.09 Å². The number of halogens is 1. The van der Waals surface area contributed by atoms with Crippen molar-refractivity contribution in [3.05, 3.63) is 41.4 Å². The van der Waals surface area contributed by atoms with Crippen molar-refractivity contribution >= 4 is 52.1 Å². The zero-order chi connectivity index (χ0) is 18.4. The lowest BCUT2D eigenvalue weighted by Gasteiger charge is -2.15. The molecule has 0 radical (unpaired) electrons. The second kappa shape index (κ2) is 8.41. The molecule has 2 aromatic rings. The van der Waals surface area contributed by atoms with Crippen LogP contribution < -0.4 is 25.4 Å². The molecule has 0 fully saturated rings. The van der Waals surface area contributed by atoms with E-state index in [4.69, 9.17) is 38.4 Å². The molecule has 0 aliphatic carbocycles. The van der Waals surface area contributed by atoms with Gasteiger partial charge in [-0.25, -0.2) is 4.79 Å². The van der Waals surface area contributed by atoms with E-state index >= 15 is 0 Å². The average Bonchev–Trinajstić information content (AvgIpc) is 2.56. The molecule has 132 valence electrons. The lowest BCUT2D eigenvalue weighted by molar-refractivity contribution is 0.210. The van der Waals surface area contributed by atoms with Crippen LogP contribution in [0.25, 0.3) is 0 Å². The lowest BCUT2D eigenvalue weighted by atomic mass is 10.2. The summed E-state index contributed by atoms with van der Waals surface area (Å²) in [5.41, 5.74) is 1.72. The molecule has 0 atom stereocenters. The van der Waals surface area contributed by atoms with Crippen molar-refractivity contribution in [2.24, 2.45) is 0 Å². The van der Waals surface area contributed by atoms with Crippen LogP contribution in [0.4, 0.5) is 21.9 Å². The minimum atomic E-state index is -1.12. The summed E-state index contributed by atoms with van der Waals surface area (Å²) in [6.07, 6.45) is -1.12. The summed E-state index contributed by atoms with van der Waals surface area (Å²) in [6, 6.07) is 9.91. The maximum atomic E-state index is 10.6. The summed E-state index contributed by atoms with van der Waals surface area (Å²) in [5, 5.41) is 17.6. The van der Waals surface area contributed by atoms with E-state index in [0.717, 1.165) is 0 Å². The number of anilines is 3. The Bertz CT molecular complexity index is 784. The van der Waals surface area contributed by atoms with Crippen molar-refractivity contribution in [1.82, 2.24) is 0 Å². The van der Waals surface area contributed by atoms with E-state index in [1.165, 1.54) is 14.2 Å². The highest BCUT2D eigenvalue weighted by atomic mass is 35.5. The van der Waals surface area contributed by atoms with Crippen molar-refractivity contribution in [1.29, 1.82) is 0 Å². The Hall–Kier alpha value is -2.71. The molecule has 0 aromatic heterocycles. The molecule has 1 amide bonds. The van der Waals surface area contributed by atoms with Crippen LogP contribution in [0.5, 0.6) is 11.5 Å². The number of hydrogen-bond donors (Lipinski definition) is 4. The number of nitrogens with one attached hydrogen (secondary N) is 3. The average molecular weight is 382 g/mol.